The van der Waals surface area contributed by atoms with E-state index in [9.17, 15) is 18.0 Å². The van der Waals surface area contributed by atoms with Gasteiger partial charge in [-0.05, 0) is 37.3 Å². The molecule has 1 aromatic heterocycles. The summed E-state index contributed by atoms with van der Waals surface area (Å²) in [6.07, 6.45) is 0. The number of para-hydroxylation sites is 1. The Labute approximate surface area is 169 Å². The van der Waals surface area contributed by atoms with E-state index in [0.717, 1.165) is 12.2 Å². The van der Waals surface area contributed by atoms with Crippen molar-refractivity contribution in [1.82, 2.24) is 13.9 Å². The van der Waals surface area contributed by atoms with Crippen molar-refractivity contribution in [1.29, 1.82) is 0 Å². The summed E-state index contributed by atoms with van der Waals surface area (Å²) in [5.74, 6) is 0. The van der Waals surface area contributed by atoms with Gasteiger partial charge in [0.25, 0.3) is 0 Å². The number of nitrogens with one attached hydrogen (secondary N) is 1. The zero-order valence-electron chi connectivity index (χ0n) is 16.6. The summed E-state index contributed by atoms with van der Waals surface area (Å²) >= 11 is 0. The highest BCUT2D eigenvalue weighted by atomic mass is 32.2. The maximum atomic E-state index is 12.7. The third kappa shape index (κ3) is 4.10. The van der Waals surface area contributed by atoms with Crippen LogP contribution in [0.15, 0.2) is 63.0 Å². The number of hydrogen-bond acceptors (Lipinski definition) is 5. The molecule has 29 heavy (non-hydrogen) atoms. The van der Waals surface area contributed by atoms with Crippen molar-refractivity contribution in [2.45, 2.75) is 11.8 Å². The number of fused-ring (bicyclic) bond motifs is 1. The molecule has 0 aliphatic heterocycles. The minimum atomic E-state index is -3.77. The van der Waals surface area contributed by atoms with Crippen molar-refractivity contribution >= 4 is 26.7 Å². The predicted octanol–water partition coefficient (Wildman–Crippen LogP) is 1.04. The summed E-state index contributed by atoms with van der Waals surface area (Å²) in [5, 5.41) is 0. The topological polar surface area (TPSA) is 93.4 Å². The van der Waals surface area contributed by atoms with Gasteiger partial charge in [-0.3, -0.25) is 9.59 Å². The molecule has 0 aliphatic carbocycles. The zero-order valence-corrected chi connectivity index (χ0v) is 17.4. The Bertz CT molecular complexity index is 1250. The number of aromatic nitrogens is 2. The Morgan fingerprint density at radius 1 is 0.931 bits per heavy atom. The highest BCUT2D eigenvalue weighted by molar-refractivity contribution is 7.89. The molecule has 0 atom stereocenters. The number of anilines is 1. The minimum Gasteiger partial charge on any atom is -0.370 e. The molecule has 0 aliphatic rings. The van der Waals surface area contributed by atoms with Crippen molar-refractivity contribution in [2.75, 3.05) is 24.5 Å². The fourth-order valence-electron chi connectivity index (χ4n) is 3.24. The molecule has 154 valence electrons. The van der Waals surface area contributed by atoms with E-state index in [0.29, 0.717) is 17.6 Å². The first-order valence-corrected chi connectivity index (χ1v) is 10.7. The maximum absolute atomic E-state index is 12.7. The van der Waals surface area contributed by atoms with Gasteiger partial charge in [-0.2, -0.15) is 0 Å². The van der Waals surface area contributed by atoms with Gasteiger partial charge in [-0.1, -0.05) is 18.2 Å². The largest absolute Gasteiger partial charge is 0.370 e. The predicted molar refractivity (Wildman–Crippen MR) is 114 cm³/mol. The lowest BCUT2D eigenvalue weighted by molar-refractivity contribution is 0.581. The Balaban J connectivity index is 1.83. The fraction of sp³-hybridized carbons (Fsp3) is 0.300. The van der Waals surface area contributed by atoms with E-state index < -0.39 is 21.1 Å². The van der Waals surface area contributed by atoms with Gasteiger partial charge in [-0.25, -0.2) is 13.1 Å². The van der Waals surface area contributed by atoms with Crippen LogP contribution in [0.1, 0.15) is 6.92 Å². The van der Waals surface area contributed by atoms with Gasteiger partial charge in [0.1, 0.15) is 0 Å². The maximum Gasteiger partial charge on any atom is 0.316 e. The molecule has 0 spiro atoms. The molecule has 3 aromatic rings. The van der Waals surface area contributed by atoms with Crippen molar-refractivity contribution < 1.29 is 8.42 Å². The summed E-state index contributed by atoms with van der Waals surface area (Å²) in [7, 11) is -0.829. The third-order valence-corrected chi connectivity index (χ3v) is 6.41. The summed E-state index contributed by atoms with van der Waals surface area (Å²) in [4.78, 5) is 26.1. The summed E-state index contributed by atoms with van der Waals surface area (Å²) in [6.45, 7) is 3.50. The van der Waals surface area contributed by atoms with Gasteiger partial charge in [0.15, 0.2) is 0 Å². The van der Waals surface area contributed by atoms with Crippen LogP contribution in [0.4, 0.5) is 5.69 Å². The molecule has 0 amide bonds. The number of aryl methyl sites for hydroxylation is 2. The molecule has 8 nitrogen and oxygen atoms in total. The molecule has 0 bridgehead atoms. The van der Waals surface area contributed by atoms with Gasteiger partial charge < -0.3 is 14.0 Å². The molecule has 0 fully saturated rings. The van der Waals surface area contributed by atoms with E-state index >= 15 is 0 Å². The Morgan fingerprint density at radius 3 is 2.17 bits per heavy atom. The molecular formula is C20H24N4O4S. The summed E-state index contributed by atoms with van der Waals surface area (Å²) in [5.41, 5.74) is 0.519. The molecule has 0 saturated carbocycles. The molecule has 0 saturated heterocycles. The van der Waals surface area contributed by atoms with E-state index in [1.807, 2.05) is 37.3 Å². The summed E-state index contributed by atoms with van der Waals surface area (Å²) in [6, 6.07) is 14.1. The van der Waals surface area contributed by atoms with Crippen LogP contribution in [-0.2, 0) is 24.1 Å². The summed E-state index contributed by atoms with van der Waals surface area (Å²) < 4.78 is 30.5. The van der Waals surface area contributed by atoms with E-state index in [2.05, 4.69) is 9.62 Å². The third-order valence-electron chi connectivity index (χ3n) is 4.95. The Kier molecular flexibility index (Phi) is 5.90. The first-order valence-electron chi connectivity index (χ1n) is 9.25. The van der Waals surface area contributed by atoms with Crippen molar-refractivity contribution in [3.63, 3.8) is 0 Å². The van der Waals surface area contributed by atoms with E-state index in [-0.39, 0.29) is 11.4 Å². The molecular weight excluding hydrogens is 392 g/mol. The van der Waals surface area contributed by atoms with Crippen LogP contribution in [-0.4, -0.2) is 37.2 Å². The van der Waals surface area contributed by atoms with Gasteiger partial charge in [0, 0.05) is 39.4 Å². The number of likely N-dealkylation sites (N-methyl/N-ethyl adjacent to an activating group) is 1. The SMILES string of the molecule is CCN(CCNS(=O)(=O)c1ccc2c(c1)n(C)c(=O)c(=O)n2C)c1ccccc1. The first-order chi connectivity index (χ1) is 13.8. The van der Waals surface area contributed by atoms with Crippen LogP contribution in [0.3, 0.4) is 0 Å². The van der Waals surface area contributed by atoms with E-state index in [4.69, 9.17) is 0 Å². The van der Waals surface area contributed by atoms with Crippen LogP contribution in [0, 0.1) is 0 Å². The molecule has 1 N–H and O–H groups in total. The van der Waals surface area contributed by atoms with Gasteiger partial charge in [0.05, 0.1) is 15.9 Å². The second-order valence-corrected chi connectivity index (χ2v) is 8.46. The highest BCUT2D eigenvalue weighted by Gasteiger charge is 2.17. The lowest BCUT2D eigenvalue weighted by atomic mass is 10.3. The minimum absolute atomic E-state index is 0.0430. The Morgan fingerprint density at radius 2 is 1.55 bits per heavy atom. The molecule has 3 rings (SSSR count). The van der Waals surface area contributed by atoms with Gasteiger partial charge in [-0.15, -0.1) is 0 Å². The zero-order chi connectivity index (χ0) is 21.2. The fourth-order valence-corrected chi connectivity index (χ4v) is 4.28. The first kappa shape index (κ1) is 20.8. The van der Waals surface area contributed by atoms with Crippen LogP contribution < -0.4 is 20.7 Å². The quantitative estimate of drug-likeness (QED) is 0.581. The van der Waals surface area contributed by atoms with Crippen LogP contribution in [0.5, 0.6) is 0 Å². The average molecular weight is 417 g/mol. The molecule has 2 aromatic carbocycles. The standard InChI is InChI=1S/C20H24N4O4S/c1-4-24(15-8-6-5-7-9-15)13-12-21-29(27,28)16-10-11-17-18(14-16)23(3)20(26)19(25)22(17)2/h5-11,14,21H,4,12-13H2,1-3H3. The van der Waals surface area contributed by atoms with Gasteiger partial charge >= 0.3 is 11.1 Å². The second-order valence-electron chi connectivity index (χ2n) is 6.69. The van der Waals surface area contributed by atoms with Crippen molar-refractivity contribution in [3.8, 4) is 0 Å². The van der Waals surface area contributed by atoms with Crippen molar-refractivity contribution in [2.24, 2.45) is 14.1 Å². The second kappa shape index (κ2) is 8.22. The van der Waals surface area contributed by atoms with E-state index in [1.54, 1.807) is 0 Å². The average Bonchev–Trinajstić information content (AvgIpc) is 2.74. The molecule has 1 heterocycles. The highest BCUT2D eigenvalue weighted by Crippen LogP contribution is 2.17. The monoisotopic (exact) mass is 416 g/mol. The lowest BCUT2D eigenvalue weighted by Gasteiger charge is -2.23. The van der Waals surface area contributed by atoms with E-state index in [1.165, 1.54) is 41.4 Å². The number of sulfonamides is 1. The van der Waals surface area contributed by atoms with Crippen LogP contribution >= 0.6 is 0 Å². The number of rotatable bonds is 7. The van der Waals surface area contributed by atoms with Gasteiger partial charge in [0.2, 0.25) is 10.0 Å². The number of hydrogen-bond donors (Lipinski definition) is 1. The van der Waals surface area contributed by atoms with Crippen LogP contribution in [0.25, 0.3) is 11.0 Å². The molecule has 9 heteroatoms. The normalized spacial score (nSPS) is 11.7. The van der Waals surface area contributed by atoms with Crippen molar-refractivity contribution in [3.05, 3.63) is 69.2 Å². The molecule has 0 unspecified atom stereocenters. The number of nitrogens with zero attached hydrogens (tertiary/aromatic N) is 3. The number of benzene rings is 2. The molecule has 0 radical (unpaired) electrons. The lowest BCUT2D eigenvalue weighted by Crippen LogP contribution is -2.39. The van der Waals surface area contributed by atoms with Crippen LogP contribution in [0.2, 0.25) is 0 Å². The Hall–Kier alpha value is -2.91. The smallest absolute Gasteiger partial charge is 0.316 e.